The van der Waals surface area contributed by atoms with Crippen LogP contribution >= 0.6 is 0 Å². The average Bonchev–Trinajstić information content (AvgIpc) is 2.73. The Hall–Kier alpha value is -2.82. The molecule has 2 N–H and O–H groups in total. The molecule has 0 bridgehead atoms. The number of aliphatic hydroxyl groups is 2. The average molecular weight is 350 g/mol. The maximum absolute atomic E-state index is 11.6. The molecule has 0 spiro atoms. The van der Waals surface area contributed by atoms with Crippen molar-refractivity contribution in [3.8, 4) is 11.5 Å². The summed E-state index contributed by atoms with van der Waals surface area (Å²) in [4.78, 5) is 0. The minimum atomic E-state index is -1.61. The molecule has 0 radical (unpaired) electrons. The van der Waals surface area contributed by atoms with Gasteiger partial charge >= 0.3 is 0 Å². The summed E-state index contributed by atoms with van der Waals surface area (Å²) in [5.74, 6) is 1.37. The number of methoxy groups -OCH3 is 2. The third-order valence-electron chi connectivity index (χ3n) is 4.57. The first-order valence-electron chi connectivity index (χ1n) is 8.34. The van der Waals surface area contributed by atoms with Gasteiger partial charge in [0, 0.05) is 0 Å². The van der Waals surface area contributed by atoms with Crippen molar-refractivity contribution in [1.29, 1.82) is 0 Å². The van der Waals surface area contributed by atoms with Gasteiger partial charge in [-0.25, -0.2) is 0 Å². The first-order chi connectivity index (χ1) is 12.6. The molecule has 134 valence electrons. The predicted molar refractivity (Wildman–Crippen MR) is 100 cm³/mol. The second kappa shape index (κ2) is 7.60. The molecular weight excluding hydrogens is 328 g/mol. The SMILES string of the molecule is COc1ccc([C@H](O)[C@@](O)(c2ccccc2)c2ccc(OC)cc2)cc1. The van der Waals surface area contributed by atoms with Crippen molar-refractivity contribution >= 4 is 0 Å². The lowest BCUT2D eigenvalue weighted by Gasteiger charge is -2.34. The van der Waals surface area contributed by atoms with Gasteiger partial charge in [0.15, 0.2) is 0 Å². The summed E-state index contributed by atoms with van der Waals surface area (Å²) >= 11 is 0. The Morgan fingerprint density at radius 2 is 1.15 bits per heavy atom. The van der Waals surface area contributed by atoms with E-state index in [2.05, 4.69) is 0 Å². The largest absolute Gasteiger partial charge is 0.497 e. The van der Waals surface area contributed by atoms with Crippen LogP contribution in [0, 0.1) is 0 Å². The van der Waals surface area contributed by atoms with E-state index in [1.54, 1.807) is 74.9 Å². The standard InChI is InChI=1S/C22H22O4/c1-25-19-12-8-16(9-13-19)21(23)22(24,17-6-4-3-5-7-17)18-10-14-20(26-2)15-11-18/h3-15,21,23-24H,1-2H3/t21-,22+/m0/s1. The van der Waals surface area contributed by atoms with Gasteiger partial charge in [-0.2, -0.15) is 0 Å². The van der Waals surface area contributed by atoms with E-state index in [1.807, 2.05) is 18.2 Å². The summed E-state index contributed by atoms with van der Waals surface area (Å²) in [6.07, 6.45) is -1.16. The van der Waals surface area contributed by atoms with E-state index in [-0.39, 0.29) is 0 Å². The molecule has 0 saturated carbocycles. The molecule has 0 aromatic heterocycles. The summed E-state index contributed by atoms with van der Waals surface area (Å²) in [6.45, 7) is 0. The summed E-state index contributed by atoms with van der Waals surface area (Å²) in [5, 5.41) is 22.8. The number of ether oxygens (including phenoxy) is 2. The van der Waals surface area contributed by atoms with Crippen LogP contribution in [-0.2, 0) is 5.60 Å². The molecule has 4 nitrogen and oxygen atoms in total. The molecule has 3 rings (SSSR count). The highest BCUT2D eigenvalue weighted by Gasteiger charge is 2.40. The Balaban J connectivity index is 2.10. The number of hydrogen-bond donors (Lipinski definition) is 2. The van der Waals surface area contributed by atoms with Crippen LogP contribution in [0.4, 0.5) is 0 Å². The van der Waals surface area contributed by atoms with Crippen LogP contribution in [0.25, 0.3) is 0 Å². The first kappa shape index (κ1) is 18.0. The zero-order chi connectivity index (χ0) is 18.6. The molecular formula is C22H22O4. The summed E-state index contributed by atoms with van der Waals surface area (Å²) in [5.41, 5.74) is 0.163. The Bertz CT molecular complexity index is 828. The van der Waals surface area contributed by atoms with Gasteiger partial charge in [-0.3, -0.25) is 0 Å². The molecule has 0 unspecified atom stereocenters. The van der Waals surface area contributed by atoms with Crippen molar-refractivity contribution in [1.82, 2.24) is 0 Å². The van der Waals surface area contributed by atoms with Crippen LogP contribution < -0.4 is 9.47 Å². The van der Waals surface area contributed by atoms with Gasteiger partial charge in [0.05, 0.1) is 14.2 Å². The Kier molecular flexibility index (Phi) is 5.26. The molecule has 0 aliphatic carbocycles. The van der Waals surface area contributed by atoms with E-state index in [0.29, 0.717) is 28.2 Å². The number of hydrogen-bond acceptors (Lipinski definition) is 4. The Morgan fingerprint density at radius 3 is 1.65 bits per heavy atom. The van der Waals surface area contributed by atoms with Gasteiger partial charge in [0.2, 0.25) is 0 Å². The number of aliphatic hydroxyl groups excluding tert-OH is 1. The van der Waals surface area contributed by atoms with Crippen molar-refractivity contribution < 1.29 is 19.7 Å². The predicted octanol–water partition coefficient (Wildman–Crippen LogP) is 3.67. The van der Waals surface area contributed by atoms with Crippen molar-refractivity contribution in [2.75, 3.05) is 14.2 Å². The highest BCUT2D eigenvalue weighted by molar-refractivity contribution is 5.43. The van der Waals surface area contributed by atoms with Gasteiger partial charge in [-0.05, 0) is 41.0 Å². The normalized spacial score (nSPS) is 14.3. The fourth-order valence-corrected chi connectivity index (χ4v) is 3.05. The minimum Gasteiger partial charge on any atom is -0.497 e. The lowest BCUT2D eigenvalue weighted by atomic mass is 9.79. The van der Waals surface area contributed by atoms with E-state index in [1.165, 1.54) is 0 Å². The van der Waals surface area contributed by atoms with Crippen molar-refractivity contribution in [2.24, 2.45) is 0 Å². The fourth-order valence-electron chi connectivity index (χ4n) is 3.05. The molecule has 0 heterocycles. The number of benzene rings is 3. The third-order valence-corrected chi connectivity index (χ3v) is 4.57. The molecule has 3 aromatic rings. The van der Waals surface area contributed by atoms with Crippen molar-refractivity contribution in [3.05, 3.63) is 95.6 Å². The molecule has 0 amide bonds. The van der Waals surface area contributed by atoms with Crippen LogP contribution in [0.5, 0.6) is 11.5 Å². The Labute approximate surface area is 153 Å². The maximum Gasteiger partial charge on any atom is 0.145 e. The van der Waals surface area contributed by atoms with Gasteiger partial charge in [0.25, 0.3) is 0 Å². The van der Waals surface area contributed by atoms with Gasteiger partial charge < -0.3 is 19.7 Å². The minimum absolute atomic E-state index is 0.577. The second-order valence-corrected chi connectivity index (χ2v) is 6.04. The van der Waals surface area contributed by atoms with E-state index < -0.39 is 11.7 Å². The van der Waals surface area contributed by atoms with E-state index in [4.69, 9.17) is 9.47 Å². The molecule has 0 fully saturated rings. The molecule has 4 heteroatoms. The zero-order valence-electron chi connectivity index (χ0n) is 14.8. The first-order valence-corrected chi connectivity index (χ1v) is 8.34. The molecule has 0 aliphatic rings. The second-order valence-electron chi connectivity index (χ2n) is 6.04. The van der Waals surface area contributed by atoms with Crippen LogP contribution in [0.15, 0.2) is 78.9 Å². The fraction of sp³-hybridized carbons (Fsp3) is 0.182. The molecule has 3 aromatic carbocycles. The zero-order valence-corrected chi connectivity index (χ0v) is 14.8. The smallest absolute Gasteiger partial charge is 0.145 e. The topological polar surface area (TPSA) is 58.9 Å². The molecule has 26 heavy (non-hydrogen) atoms. The van der Waals surface area contributed by atoms with Gasteiger partial charge in [-0.1, -0.05) is 54.6 Å². The quantitative estimate of drug-likeness (QED) is 0.712. The summed E-state index contributed by atoms with van der Waals surface area (Å²) < 4.78 is 10.4. The van der Waals surface area contributed by atoms with E-state index in [0.717, 1.165) is 0 Å². The van der Waals surface area contributed by atoms with Crippen molar-refractivity contribution in [3.63, 3.8) is 0 Å². The number of rotatable bonds is 6. The van der Waals surface area contributed by atoms with E-state index >= 15 is 0 Å². The van der Waals surface area contributed by atoms with Crippen LogP contribution in [0.1, 0.15) is 22.8 Å². The monoisotopic (exact) mass is 350 g/mol. The van der Waals surface area contributed by atoms with Crippen molar-refractivity contribution in [2.45, 2.75) is 11.7 Å². The molecule has 2 atom stereocenters. The van der Waals surface area contributed by atoms with Crippen LogP contribution in [0.2, 0.25) is 0 Å². The molecule has 0 aliphatic heterocycles. The Morgan fingerprint density at radius 1 is 0.692 bits per heavy atom. The highest BCUT2D eigenvalue weighted by atomic mass is 16.5. The van der Waals surface area contributed by atoms with Gasteiger partial charge in [0.1, 0.15) is 23.2 Å². The summed E-state index contributed by atoms with van der Waals surface area (Å²) in [6, 6.07) is 23.2. The highest BCUT2D eigenvalue weighted by Crippen LogP contribution is 2.41. The lowest BCUT2D eigenvalue weighted by molar-refractivity contribution is -0.0518. The summed E-state index contributed by atoms with van der Waals surface area (Å²) in [7, 11) is 3.17. The maximum atomic E-state index is 11.6. The molecule has 0 saturated heterocycles. The van der Waals surface area contributed by atoms with Crippen LogP contribution in [-0.4, -0.2) is 24.4 Å². The van der Waals surface area contributed by atoms with Gasteiger partial charge in [-0.15, -0.1) is 0 Å². The van der Waals surface area contributed by atoms with Crippen LogP contribution in [0.3, 0.4) is 0 Å². The lowest BCUT2D eigenvalue weighted by Crippen LogP contribution is -2.35. The third kappa shape index (κ3) is 3.29. The van der Waals surface area contributed by atoms with E-state index in [9.17, 15) is 10.2 Å².